The van der Waals surface area contributed by atoms with Crippen molar-refractivity contribution in [3.63, 3.8) is 0 Å². The molecule has 1 amide bonds. The molecule has 7 heteroatoms. The van der Waals surface area contributed by atoms with Gasteiger partial charge in [-0.2, -0.15) is 0 Å². The third-order valence-corrected chi connectivity index (χ3v) is 5.04. The molecule has 0 aromatic heterocycles. The maximum Gasteiger partial charge on any atom is 0.227 e. The van der Waals surface area contributed by atoms with Gasteiger partial charge in [-0.25, -0.2) is 0 Å². The highest BCUT2D eigenvalue weighted by Crippen LogP contribution is 2.21. The minimum atomic E-state index is 0. The van der Waals surface area contributed by atoms with Gasteiger partial charge >= 0.3 is 0 Å². The summed E-state index contributed by atoms with van der Waals surface area (Å²) in [7, 11) is 1.77. The number of hydrogen-bond donors (Lipinski definition) is 2. The highest BCUT2D eigenvalue weighted by Gasteiger charge is 2.21. The zero-order valence-electron chi connectivity index (χ0n) is 18.6. The van der Waals surface area contributed by atoms with E-state index in [9.17, 15) is 4.79 Å². The molecule has 1 saturated heterocycles. The number of nitrogens with one attached hydrogen (secondary N) is 2. The molecule has 2 aromatic carbocycles. The van der Waals surface area contributed by atoms with Crippen LogP contribution in [0.1, 0.15) is 43.4 Å². The van der Waals surface area contributed by atoms with Crippen molar-refractivity contribution in [3.05, 3.63) is 65.2 Å². The molecule has 1 aliphatic rings. The highest BCUT2D eigenvalue weighted by atomic mass is 127. The predicted octanol–water partition coefficient (Wildman–Crippen LogP) is 4.22. The van der Waals surface area contributed by atoms with Crippen LogP contribution in [0.2, 0.25) is 0 Å². The summed E-state index contributed by atoms with van der Waals surface area (Å²) in [5.74, 6) is 0.961. The Morgan fingerprint density at radius 3 is 2.35 bits per heavy atom. The third kappa shape index (κ3) is 7.81. The smallest absolute Gasteiger partial charge is 0.227 e. The highest BCUT2D eigenvalue weighted by molar-refractivity contribution is 14.0. The van der Waals surface area contributed by atoms with Crippen LogP contribution >= 0.6 is 24.0 Å². The lowest BCUT2D eigenvalue weighted by atomic mass is 10.1. The molecule has 2 aromatic rings. The van der Waals surface area contributed by atoms with Crippen LogP contribution in [0.15, 0.2) is 53.5 Å². The first-order valence-electron chi connectivity index (χ1n) is 10.6. The fraction of sp³-hybridized carbons (Fsp3) is 0.417. The lowest BCUT2D eigenvalue weighted by Gasteiger charge is -2.16. The van der Waals surface area contributed by atoms with Crippen LogP contribution in [0.4, 0.5) is 5.69 Å². The van der Waals surface area contributed by atoms with E-state index in [1.807, 2.05) is 30.9 Å². The van der Waals surface area contributed by atoms with E-state index < -0.39 is 0 Å². The van der Waals surface area contributed by atoms with Gasteiger partial charge in [-0.3, -0.25) is 9.79 Å². The van der Waals surface area contributed by atoms with Gasteiger partial charge in [0.15, 0.2) is 5.96 Å². The van der Waals surface area contributed by atoms with E-state index in [1.165, 1.54) is 11.1 Å². The van der Waals surface area contributed by atoms with Crippen molar-refractivity contribution in [1.82, 2.24) is 10.6 Å². The lowest BCUT2D eigenvalue weighted by Crippen LogP contribution is -2.36. The quantitative estimate of drug-likeness (QED) is 0.301. The van der Waals surface area contributed by atoms with E-state index in [0.717, 1.165) is 30.2 Å². The Morgan fingerprint density at radius 2 is 1.74 bits per heavy atom. The van der Waals surface area contributed by atoms with Gasteiger partial charge in [-0.1, -0.05) is 36.4 Å². The van der Waals surface area contributed by atoms with Gasteiger partial charge < -0.3 is 20.3 Å². The Morgan fingerprint density at radius 1 is 1.06 bits per heavy atom. The van der Waals surface area contributed by atoms with Gasteiger partial charge in [0.05, 0.1) is 12.7 Å². The van der Waals surface area contributed by atoms with Crippen molar-refractivity contribution in [3.8, 4) is 0 Å². The summed E-state index contributed by atoms with van der Waals surface area (Å²) >= 11 is 0. The van der Waals surface area contributed by atoms with Gasteiger partial charge in [-0.05, 0) is 49.1 Å². The molecule has 0 unspecified atom stereocenters. The average Bonchev–Trinajstić information content (AvgIpc) is 3.19. The summed E-state index contributed by atoms with van der Waals surface area (Å²) in [4.78, 5) is 18.0. The van der Waals surface area contributed by atoms with Gasteiger partial charge in [0.1, 0.15) is 0 Å². The van der Waals surface area contributed by atoms with Crippen LogP contribution in [0.25, 0.3) is 0 Å². The molecule has 0 atom stereocenters. The summed E-state index contributed by atoms with van der Waals surface area (Å²) < 4.78 is 5.69. The number of anilines is 1. The fourth-order valence-corrected chi connectivity index (χ4v) is 3.40. The molecule has 0 spiro atoms. The monoisotopic (exact) mass is 536 g/mol. The van der Waals surface area contributed by atoms with Gasteiger partial charge in [-0.15, -0.1) is 24.0 Å². The number of aliphatic imine (C=N–C) groups is 1. The number of amides is 1. The minimum absolute atomic E-state index is 0. The van der Waals surface area contributed by atoms with Crippen molar-refractivity contribution in [2.75, 3.05) is 18.5 Å². The fourth-order valence-electron chi connectivity index (χ4n) is 3.40. The number of nitrogens with zero attached hydrogens (tertiary/aromatic N) is 2. The maximum absolute atomic E-state index is 11.9. The molecule has 31 heavy (non-hydrogen) atoms. The molecule has 6 nitrogen and oxygen atoms in total. The zero-order chi connectivity index (χ0) is 21.3. The first kappa shape index (κ1) is 25.1. The Hall–Kier alpha value is -2.13. The predicted molar refractivity (Wildman–Crippen MR) is 137 cm³/mol. The van der Waals surface area contributed by atoms with Crippen LogP contribution in [-0.4, -0.2) is 31.6 Å². The summed E-state index contributed by atoms with van der Waals surface area (Å²) in [5.41, 5.74) is 4.47. The van der Waals surface area contributed by atoms with E-state index in [1.54, 1.807) is 7.05 Å². The molecule has 3 rings (SSSR count). The first-order valence-corrected chi connectivity index (χ1v) is 10.6. The second kappa shape index (κ2) is 12.7. The number of ether oxygens (including phenoxy) is 1. The largest absolute Gasteiger partial charge is 0.374 e. The Balaban J connectivity index is 0.00000341. The molecule has 1 fully saturated rings. The maximum atomic E-state index is 11.9. The SMILES string of the molecule is CN=C(NCc1ccc(N2CCCC2=O)cc1)NCc1cccc(COC(C)C)c1.I. The zero-order valence-corrected chi connectivity index (χ0v) is 20.9. The van der Waals surface area contributed by atoms with Crippen molar-refractivity contribution < 1.29 is 9.53 Å². The van der Waals surface area contributed by atoms with Crippen molar-refractivity contribution in [2.45, 2.75) is 52.5 Å². The van der Waals surface area contributed by atoms with E-state index in [0.29, 0.717) is 26.1 Å². The molecule has 1 heterocycles. The Kier molecular flexibility index (Phi) is 10.3. The molecule has 2 N–H and O–H groups in total. The molecule has 168 valence electrons. The van der Waals surface area contributed by atoms with Gasteiger partial charge in [0.2, 0.25) is 5.91 Å². The lowest BCUT2D eigenvalue weighted by molar-refractivity contribution is -0.117. The van der Waals surface area contributed by atoms with Crippen LogP contribution < -0.4 is 15.5 Å². The summed E-state index contributed by atoms with van der Waals surface area (Å²) in [6, 6.07) is 16.5. The minimum Gasteiger partial charge on any atom is -0.374 e. The number of carbonyl (C=O) groups excluding carboxylic acids is 1. The van der Waals surface area contributed by atoms with E-state index in [2.05, 4.69) is 52.0 Å². The second-order valence-electron chi connectivity index (χ2n) is 7.77. The molecule has 0 bridgehead atoms. The number of benzene rings is 2. The second-order valence-corrected chi connectivity index (χ2v) is 7.77. The normalized spacial score (nSPS) is 14.0. The topological polar surface area (TPSA) is 66.0 Å². The van der Waals surface area contributed by atoms with Crippen LogP contribution in [0, 0.1) is 0 Å². The number of carbonyl (C=O) groups is 1. The van der Waals surface area contributed by atoms with Crippen LogP contribution in [0.3, 0.4) is 0 Å². The number of halogens is 1. The van der Waals surface area contributed by atoms with Crippen molar-refractivity contribution >= 4 is 41.5 Å². The summed E-state index contributed by atoms with van der Waals surface area (Å²) in [5, 5.41) is 6.70. The molecule has 1 aliphatic heterocycles. The van der Waals surface area contributed by atoms with Gasteiger partial charge in [0, 0.05) is 38.8 Å². The van der Waals surface area contributed by atoms with Crippen LogP contribution in [-0.2, 0) is 29.2 Å². The Bertz CT molecular complexity index is 868. The van der Waals surface area contributed by atoms with Crippen molar-refractivity contribution in [2.24, 2.45) is 4.99 Å². The van der Waals surface area contributed by atoms with E-state index >= 15 is 0 Å². The standard InChI is InChI=1S/C24H32N4O2.HI/c1-18(2)30-17-21-7-4-6-20(14-21)16-27-24(25-3)26-15-19-9-11-22(12-10-19)28-13-5-8-23(28)29;/h4,6-7,9-12,14,18H,5,8,13,15-17H2,1-3H3,(H2,25,26,27);1H. The van der Waals surface area contributed by atoms with Crippen LogP contribution in [0.5, 0.6) is 0 Å². The third-order valence-electron chi connectivity index (χ3n) is 5.04. The molecule has 0 saturated carbocycles. The molecule has 0 aliphatic carbocycles. The Labute approximate surface area is 202 Å². The molecule has 0 radical (unpaired) electrons. The number of guanidine groups is 1. The van der Waals surface area contributed by atoms with E-state index in [4.69, 9.17) is 4.74 Å². The summed E-state index contributed by atoms with van der Waals surface area (Å²) in [6.07, 6.45) is 1.82. The molecular weight excluding hydrogens is 503 g/mol. The number of rotatable bonds is 8. The first-order chi connectivity index (χ1) is 14.5. The van der Waals surface area contributed by atoms with Crippen molar-refractivity contribution in [1.29, 1.82) is 0 Å². The average molecular weight is 536 g/mol. The summed E-state index contributed by atoms with van der Waals surface area (Å²) in [6.45, 7) is 6.87. The number of hydrogen-bond acceptors (Lipinski definition) is 3. The molecular formula is C24H33IN4O2. The van der Waals surface area contributed by atoms with Gasteiger partial charge in [0.25, 0.3) is 0 Å². The van der Waals surface area contributed by atoms with E-state index in [-0.39, 0.29) is 36.0 Å².